The predicted molar refractivity (Wildman–Crippen MR) is 76.7 cm³/mol. The second-order valence-electron chi connectivity index (χ2n) is 5.21. The number of hydrogen-bond acceptors (Lipinski definition) is 5. The first-order chi connectivity index (χ1) is 9.63. The number of nitro benzene ring substituents is 1. The summed E-state index contributed by atoms with van der Waals surface area (Å²) in [7, 11) is 1.59. The van der Waals surface area contributed by atoms with Gasteiger partial charge in [0.05, 0.1) is 12.0 Å². The van der Waals surface area contributed by atoms with Gasteiger partial charge in [-0.1, -0.05) is 0 Å². The van der Waals surface area contributed by atoms with Crippen LogP contribution in [0.15, 0.2) is 18.2 Å². The molecule has 1 aliphatic heterocycles. The van der Waals surface area contributed by atoms with Crippen LogP contribution in [0.25, 0.3) is 0 Å². The fourth-order valence-corrected chi connectivity index (χ4v) is 2.62. The van der Waals surface area contributed by atoms with Crippen LogP contribution in [-0.2, 0) is 6.54 Å². The van der Waals surface area contributed by atoms with Crippen molar-refractivity contribution in [2.75, 3.05) is 26.7 Å². The number of nitro groups is 1. The Labute approximate surface area is 118 Å². The van der Waals surface area contributed by atoms with E-state index in [9.17, 15) is 10.1 Å². The second-order valence-corrected chi connectivity index (χ2v) is 5.21. The highest BCUT2D eigenvalue weighted by Crippen LogP contribution is 2.27. The lowest BCUT2D eigenvalue weighted by atomic mass is 9.97. The molecule has 0 saturated carbocycles. The van der Waals surface area contributed by atoms with Crippen molar-refractivity contribution in [1.82, 2.24) is 4.90 Å². The first-order valence-electron chi connectivity index (χ1n) is 6.87. The Kier molecular flexibility index (Phi) is 4.92. The van der Waals surface area contributed by atoms with E-state index < -0.39 is 0 Å². The third-order valence-electron chi connectivity index (χ3n) is 3.91. The van der Waals surface area contributed by atoms with Crippen LogP contribution >= 0.6 is 0 Å². The van der Waals surface area contributed by atoms with Crippen LogP contribution < -0.4 is 10.5 Å². The number of non-ortho nitro benzene ring substituents is 1. The maximum Gasteiger partial charge on any atom is 0.270 e. The quantitative estimate of drug-likeness (QED) is 0.656. The van der Waals surface area contributed by atoms with Crippen molar-refractivity contribution in [3.63, 3.8) is 0 Å². The molecule has 6 nitrogen and oxygen atoms in total. The van der Waals surface area contributed by atoms with Gasteiger partial charge in [0.15, 0.2) is 0 Å². The summed E-state index contributed by atoms with van der Waals surface area (Å²) in [6, 6.07) is 4.75. The molecule has 0 unspecified atom stereocenters. The number of piperidine rings is 1. The summed E-state index contributed by atoms with van der Waals surface area (Å²) in [5, 5.41) is 10.9. The van der Waals surface area contributed by atoms with Crippen LogP contribution in [0.4, 0.5) is 5.69 Å². The molecule has 110 valence electrons. The third-order valence-corrected chi connectivity index (χ3v) is 3.91. The van der Waals surface area contributed by atoms with Gasteiger partial charge in [-0.05, 0) is 44.5 Å². The van der Waals surface area contributed by atoms with Gasteiger partial charge in [-0.15, -0.1) is 0 Å². The molecule has 1 aliphatic rings. The van der Waals surface area contributed by atoms with Crippen molar-refractivity contribution in [3.05, 3.63) is 33.9 Å². The Morgan fingerprint density at radius 3 is 2.70 bits per heavy atom. The number of likely N-dealkylation sites (tertiary alicyclic amines) is 1. The predicted octanol–water partition coefficient (Wildman–Crippen LogP) is 1.77. The first kappa shape index (κ1) is 14.7. The van der Waals surface area contributed by atoms with Crippen LogP contribution in [0.5, 0.6) is 5.75 Å². The number of methoxy groups -OCH3 is 1. The van der Waals surface area contributed by atoms with Gasteiger partial charge in [0.25, 0.3) is 5.69 Å². The minimum atomic E-state index is -0.371. The van der Waals surface area contributed by atoms with Crippen molar-refractivity contribution < 1.29 is 9.66 Å². The van der Waals surface area contributed by atoms with E-state index in [-0.39, 0.29) is 10.6 Å². The van der Waals surface area contributed by atoms with Crippen LogP contribution in [0, 0.1) is 16.0 Å². The summed E-state index contributed by atoms with van der Waals surface area (Å²) in [4.78, 5) is 12.8. The molecular formula is C14H21N3O3. The molecule has 0 bridgehead atoms. The van der Waals surface area contributed by atoms with Crippen LogP contribution in [0.2, 0.25) is 0 Å². The van der Waals surface area contributed by atoms with Crippen LogP contribution in [-0.4, -0.2) is 36.6 Å². The minimum Gasteiger partial charge on any atom is -0.496 e. The van der Waals surface area contributed by atoms with Gasteiger partial charge >= 0.3 is 0 Å². The lowest BCUT2D eigenvalue weighted by molar-refractivity contribution is -0.385. The molecule has 0 radical (unpaired) electrons. The molecule has 0 atom stereocenters. The minimum absolute atomic E-state index is 0.109. The summed E-state index contributed by atoms with van der Waals surface area (Å²) in [6.45, 7) is 3.39. The standard InChI is InChI=1S/C14H21N3O3/c1-20-14-3-2-13(17(18)19)8-12(14)10-16-6-4-11(9-15)5-7-16/h2-3,8,11H,4-7,9-10,15H2,1H3. The average molecular weight is 279 g/mol. The van der Waals surface area contributed by atoms with Gasteiger partial charge in [0.1, 0.15) is 5.75 Å². The number of nitrogens with two attached hydrogens (primary N) is 1. The van der Waals surface area contributed by atoms with E-state index in [1.807, 2.05) is 0 Å². The third kappa shape index (κ3) is 3.46. The van der Waals surface area contributed by atoms with Crippen molar-refractivity contribution in [1.29, 1.82) is 0 Å². The van der Waals surface area contributed by atoms with Crippen LogP contribution in [0.3, 0.4) is 0 Å². The zero-order chi connectivity index (χ0) is 14.5. The molecule has 0 amide bonds. The SMILES string of the molecule is COc1ccc([N+](=O)[O-])cc1CN1CCC(CN)CC1. The fourth-order valence-electron chi connectivity index (χ4n) is 2.62. The second kappa shape index (κ2) is 6.67. The number of hydrogen-bond donors (Lipinski definition) is 1. The molecule has 20 heavy (non-hydrogen) atoms. The maximum atomic E-state index is 10.9. The fraction of sp³-hybridized carbons (Fsp3) is 0.571. The van der Waals surface area contributed by atoms with Crippen molar-refractivity contribution in [2.45, 2.75) is 19.4 Å². The molecular weight excluding hydrogens is 258 g/mol. The molecule has 2 N–H and O–H groups in total. The van der Waals surface area contributed by atoms with Crippen molar-refractivity contribution in [2.24, 2.45) is 11.7 Å². The normalized spacial score (nSPS) is 17.1. The Balaban J connectivity index is 2.08. The summed E-state index contributed by atoms with van der Waals surface area (Å²) in [5.41, 5.74) is 6.66. The lowest BCUT2D eigenvalue weighted by Gasteiger charge is -2.31. The summed E-state index contributed by atoms with van der Waals surface area (Å²) in [6.07, 6.45) is 2.18. The van der Waals surface area contributed by atoms with Gasteiger partial charge < -0.3 is 10.5 Å². The molecule has 1 heterocycles. The summed E-state index contributed by atoms with van der Waals surface area (Å²) >= 11 is 0. The molecule has 0 spiro atoms. The highest BCUT2D eigenvalue weighted by Gasteiger charge is 2.20. The molecule has 1 aromatic rings. The van der Waals surface area contributed by atoms with Gasteiger partial charge in [-0.3, -0.25) is 15.0 Å². The van der Waals surface area contributed by atoms with Gasteiger partial charge in [-0.25, -0.2) is 0 Å². The van der Waals surface area contributed by atoms with E-state index in [4.69, 9.17) is 10.5 Å². The Hall–Kier alpha value is -1.66. The number of benzene rings is 1. The van der Waals surface area contributed by atoms with E-state index in [1.54, 1.807) is 19.2 Å². The number of ether oxygens (including phenoxy) is 1. The van der Waals surface area contributed by atoms with Crippen molar-refractivity contribution in [3.8, 4) is 5.75 Å². The molecule has 1 aromatic carbocycles. The molecule has 0 aliphatic carbocycles. The molecule has 2 rings (SSSR count). The maximum absolute atomic E-state index is 10.9. The van der Waals surface area contributed by atoms with Gasteiger partial charge in [0.2, 0.25) is 0 Å². The first-order valence-corrected chi connectivity index (χ1v) is 6.87. The highest BCUT2D eigenvalue weighted by molar-refractivity contribution is 5.43. The Bertz CT molecular complexity index is 471. The lowest BCUT2D eigenvalue weighted by Crippen LogP contribution is -2.35. The van der Waals surface area contributed by atoms with E-state index >= 15 is 0 Å². The van der Waals surface area contributed by atoms with Gasteiger partial charge in [-0.2, -0.15) is 0 Å². The zero-order valence-electron chi connectivity index (χ0n) is 11.7. The Morgan fingerprint density at radius 2 is 2.15 bits per heavy atom. The van der Waals surface area contributed by atoms with E-state index in [1.165, 1.54) is 6.07 Å². The van der Waals surface area contributed by atoms with E-state index in [2.05, 4.69) is 4.90 Å². The van der Waals surface area contributed by atoms with Gasteiger partial charge in [0, 0.05) is 24.2 Å². The van der Waals surface area contributed by atoms with E-state index in [0.717, 1.165) is 38.0 Å². The van der Waals surface area contributed by atoms with E-state index in [0.29, 0.717) is 18.2 Å². The van der Waals surface area contributed by atoms with Crippen LogP contribution in [0.1, 0.15) is 18.4 Å². The number of rotatable bonds is 5. The highest BCUT2D eigenvalue weighted by atomic mass is 16.6. The van der Waals surface area contributed by atoms with Crippen molar-refractivity contribution >= 4 is 5.69 Å². The Morgan fingerprint density at radius 1 is 1.45 bits per heavy atom. The molecule has 0 aromatic heterocycles. The zero-order valence-corrected chi connectivity index (χ0v) is 11.7. The smallest absolute Gasteiger partial charge is 0.270 e. The monoisotopic (exact) mass is 279 g/mol. The number of nitrogens with zero attached hydrogens (tertiary/aromatic N) is 2. The molecule has 6 heteroatoms. The summed E-state index contributed by atoms with van der Waals surface area (Å²) < 4.78 is 5.29. The molecule has 1 fully saturated rings. The topological polar surface area (TPSA) is 81.6 Å². The largest absolute Gasteiger partial charge is 0.496 e. The molecule has 1 saturated heterocycles. The summed E-state index contributed by atoms with van der Waals surface area (Å²) in [5.74, 6) is 1.31. The average Bonchev–Trinajstić information content (AvgIpc) is 2.48.